The van der Waals surface area contributed by atoms with Gasteiger partial charge in [0.15, 0.2) is 0 Å². The molecule has 6 heteroatoms. The standard InChI is InChI=1S/C15H14N4OS/c1-19-9-13(8-18-19)14-11(3-2-5-16-14)7-17-15(20)12-4-6-21-10-12/h2-6,8-10H,7H2,1H3,(H,17,20). The summed E-state index contributed by atoms with van der Waals surface area (Å²) in [4.78, 5) is 16.4. The first kappa shape index (κ1) is 13.5. The first-order valence-electron chi connectivity index (χ1n) is 6.47. The van der Waals surface area contributed by atoms with Crippen LogP contribution in [-0.2, 0) is 13.6 Å². The lowest BCUT2D eigenvalue weighted by Crippen LogP contribution is -2.22. The van der Waals surface area contributed by atoms with E-state index in [1.807, 2.05) is 42.2 Å². The molecule has 0 unspecified atom stereocenters. The van der Waals surface area contributed by atoms with Gasteiger partial charge in [-0.3, -0.25) is 14.5 Å². The maximum absolute atomic E-state index is 12.0. The summed E-state index contributed by atoms with van der Waals surface area (Å²) < 4.78 is 1.73. The number of nitrogens with one attached hydrogen (secondary N) is 1. The highest BCUT2D eigenvalue weighted by Gasteiger charge is 2.10. The SMILES string of the molecule is Cn1cc(-c2ncccc2CNC(=O)c2ccsc2)cn1. The fourth-order valence-corrected chi connectivity index (χ4v) is 2.69. The van der Waals surface area contributed by atoms with Crippen LogP contribution in [-0.4, -0.2) is 20.7 Å². The van der Waals surface area contributed by atoms with Crippen molar-refractivity contribution >= 4 is 17.2 Å². The fraction of sp³-hybridized carbons (Fsp3) is 0.133. The summed E-state index contributed by atoms with van der Waals surface area (Å²) in [5.74, 6) is -0.0720. The predicted molar refractivity (Wildman–Crippen MR) is 81.9 cm³/mol. The van der Waals surface area contributed by atoms with Gasteiger partial charge in [-0.25, -0.2) is 0 Å². The zero-order chi connectivity index (χ0) is 14.7. The lowest BCUT2D eigenvalue weighted by atomic mass is 10.1. The summed E-state index contributed by atoms with van der Waals surface area (Å²) in [6.45, 7) is 0.437. The summed E-state index contributed by atoms with van der Waals surface area (Å²) in [6, 6.07) is 5.64. The molecule has 3 aromatic rings. The van der Waals surface area contributed by atoms with Crippen LogP contribution in [0.25, 0.3) is 11.3 Å². The summed E-state index contributed by atoms with van der Waals surface area (Å²) in [5, 5.41) is 10.8. The number of hydrogen-bond donors (Lipinski definition) is 1. The molecule has 0 bridgehead atoms. The average Bonchev–Trinajstić information content (AvgIpc) is 3.16. The molecule has 0 aliphatic carbocycles. The molecule has 0 spiro atoms. The second kappa shape index (κ2) is 5.88. The molecule has 0 atom stereocenters. The van der Waals surface area contributed by atoms with Crippen LogP contribution in [0.4, 0.5) is 0 Å². The summed E-state index contributed by atoms with van der Waals surface area (Å²) in [5.41, 5.74) is 3.44. The van der Waals surface area contributed by atoms with E-state index in [2.05, 4.69) is 15.4 Å². The number of amides is 1. The number of rotatable bonds is 4. The van der Waals surface area contributed by atoms with E-state index in [1.54, 1.807) is 17.1 Å². The molecule has 0 aromatic carbocycles. The van der Waals surface area contributed by atoms with Gasteiger partial charge >= 0.3 is 0 Å². The molecule has 0 fully saturated rings. The highest BCUT2D eigenvalue weighted by atomic mass is 32.1. The minimum atomic E-state index is -0.0720. The predicted octanol–water partition coefficient (Wildman–Crippen LogP) is 2.47. The molecule has 1 amide bonds. The Morgan fingerprint density at radius 1 is 1.43 bits per heavy atom. The Kier molecular flexibility index (Phi) is 3.79. The van der Waals surface area contributed by atoms with Crippen molar-refractivity contribution in [1.82, 2.24) is 20.1 Å². The van der Waals surface area contributed by atoms with Crippen molar-refractivity contribution < 1.29 is 4.79 Å². The topological polar surface area (TPSA) is 59.8 Å². The number of carbonyl (C=O) groups is 1. The number of hydrogen-bond acceptors (Lipinski definition) is 4. The van der Waals surface area contributed by atoms with Crippen LogP contribution in [0.5, 0.6) is 0 Å². The van der Waals surface area contributed by atoms with E-state index in [4.69, 9.17) is 0 Å². The molecule has 0 aliphatic rings. The van der Waals surface area contributed by atoms with Gasteiger partial charge in [0.1, 0.15) is 0 Å². The van der Waals surface area contributed by atoms with Crippen molar-refractivity contribution in [2.24, 2.45) is 7.05 Å². The van der Waals surface area contributed by atoms with E-state index in [9.17, 15) is 4.79 Å². The van der Waals surface area contributed by atoms with Crippen LogP contribution in [0, 0.1) is 0 Å². The Balaban J connectivity index is 1.78. The Bertz CT molecular complexity index is 749. The third-order valence-corrected chi connectivity index (χ3v) is 3.78. The van der Waals surface area contributed by atoms with E-state index in [-0.39, 0.29) is 5.91 Å². The Hall–Kier alpha value is -2.47. The van der Waals surface area contributed by atoms with Crippen LogP contribution in [0.1, 0.15) is 15.9 Å². The fourth-order valence-electron chi connectivity index (χ4n) is 2.06. The van der Waals surface area contributed by atoms with Gasteiger partial charge in [0.05, 0.1) is 11.9 Å². The third kappa shape index (κ3) is 3.00. The Morgan fingerprint density at radius 2 is 2.33 bits per heavy atom. The molecule has 3 rings (SSSR count). The average molecular weight is 298 g/mol. The molecule has 0 saturated heterocycles. The van der Waals surface area contributed by atoms with Gasteiger partial charge < -0.3 is 5.32 Å². The summed E-state index contributed by atoms with van der Waals surface area (Å²) in [7, 11) is 1.87. The van der Waals surface area contributed by atoms with Crippen LogP contribution in [0.3, 0.4) is 0 Å². The first-order valence-corrected chi connectivity index (χ1v) is 7.41. The lowest BCUT2D eigenvalue weighted by molar-refractivity contribution is 0.0951. The number of aryl methyl sites for hydroxylation is 1. The number of thiophene rings is 1. The van der Waals surface area contributed by atoms with Crippen LogP contribution in [0.15, 0.2) is 47.5 Å². The number of aromatic nitrogens is 3. The van der Waals surface area contributed by atoms with Crippen molar-refractivity contribution in [2.75, 3.05) is 0 Å². The molecule has 106 valence electrons. The molecular formula is C15H14N4OS. The van der Waals surface area contributed by atoms with E-state index in [0.717, 1.165) is 16.8 Å². The molecule has 0 radical (unpaired) electrons. The van der Waals surface area contributed by atoms with E-state index < -0.39 is 0 Å². The van der Waals surface area contributed by atoms with Crippen molar-refractivity contribution in [3.05, 3.63) is 58.7 Å². The third-order valence-electron chi connectivity index (χ3n) is 3.09. The van der Waals surface area contributed by atoms with Gasteiger partial charge in [-0.15, -0.1) is 0 Å². The van der Waals surface area contributed by atoms with Crippen molar-refractivity contribution in [1.29, 1.82) is 0 Å². The van der Waals surface area contributed by atoms with E-state index in [0.29, 0.717) is 12.1 Å². The molecule has 21 heavy (non-hydrogen) atoms. The number of pyridine rings is 1. The molecule has 1 N–H and O–H groups in total. The lowest BCUT2D eigenvalue weighted by Gasteiger charge is -2.08. The molecule has 0 aliphatic heterocycles. The quantitative estimate of drug-likeness (QED) is 0.805. The van der Waals surface area contributed by atoms with Gasteiger partial charge in [-0.1, -0.05) is 6.07 Å². The van der Waals surface area contributed by atoms with Crippen molar-refractivity contribution in [2.45, 2.75) is 6.54 Å². The Morgan fingerprint density at radius 3 is 3.05 bits per heavy atom. The van der Waals surface area contributed by atoms with E-state index in [1.165, 1.54) is 11.3 Å². The minimum Gasteiger partial charge on any atom is -0.348 e. The van der Waals surface area contributed by atoms with Gasteiger partial charge in [0.25, 0.3) is 5.91 Å². The van der Waals surface area contributed by atoms with E-state index >= 15 is 0 Å². The normalized spacial score (nSPS) is 10.5. The monoisotopic (exact) mass is 298 g/mol. The first-order chi connectivity index (χ1) is 10.2. The highest BCUT2D eigenvalue weighted by molar-refractivity contribution is 7.08. The zero-order valence-corrected chi connectivity index (χ0v) is 12.3. The second-order valence-corrected chi connectivity index (χ2v) is 5.39. The molecule has 5 nitrogen and oxygen atoms in total. The minimum absolute atomic E-state index is 0.0720. The zero-order valence-electron chi connectivity index (χ0n) is 11.5. The highest BCUT2D eigenvalue weighted by Crippen LogP contribution is 2.20. The van der Waals surface area contributed by atoms with Crippen LogP contribution < -0.4 is 5.32 Å². The summed E-state index contributed by atoms with van der Waals surface area (Å²) >= 11 is 1.51. The van der Waals surface area contributed by atoms with Gasteiger partial charge in [0.2, 0.25) is 0 Å². The maximum Gasteiger partial charge on any atom is 0.252 e. The molecule has 3 heterocycles. The molecule has 3 aromatic heterocycles. The van der Waals surface area contributed by atoms with Crippen molar-refractivity contribution in [3.63, 3.8) is 0 Å². The maximum atomic E-state index is 12.0. The number of nitrogens with zero attached hydrogens (tertiary/aromatic N) is 3. The van der Waals surface area contributed by atoms with Crippen molar-refractivity contribution in [3.8, 4) is 11.3 Å². The smallest absolute Gasteiger partial charge is 0.252 e. The molecule has 0 saturated carbocycles. The van der Waals surface area contributed by atoms with Gasteiger partial charge in [-0.05, 0) is 23.1 Å². The van der Waals surface area contributed by atoms with Gasteiger partial charge in [0, 0.05) is 42.5 Å². The van der Waals surface area contributed by atoms with Gasteiger partial charge in [-0.2, -0.15) is 16.4 Å². The second-order valence-electron chi connectivity index (χ2n) is 4.61. The largest absolute Gasteiger partial charge is 0.348 e. The number of carbonyl (C=O) groups excluding carboxylic acids is 1. The van der Waals surface area contributed by atoms with Crippen LogP contribution in [0.2, 0.25) is 0 Å². The van der Waals surface area contributed by atoms with Crippen LogP contribution >= 0.6 is 11.3 Å². The molecular weight excluding hydrogens is 284 g/mol. The summed E-state index contributed by atoms with van der Waals surface area (Å²) in [6.07, 6.45) is 5.42. The Labute approximate surface area is 126 Å².